The Morgan fingerprint density at radius 3 is 2.33 bits per heavy atom. The molecule has 2 saturated heterocycles. The van der Waals surface area contributed by atoms with Gasteiger partial charge in [0.1, 0.15) is 18.2 Å². The number of thiocarbonyl (C=S) groups is 1. The fraction of sp³-hybridized carbons (Fsp3) is 0.484. The van der Waals surface area contributed by atoms with Crippen molar-refractivity contribution in [3.8, 4) is 0 Å². The predicted molar refractivity (Wildman–Crippen MR) is 159 cm³/mol. The fourth-order valence-corrected chi connectivity index (χ4v) is 5.91. The Morgan fingerprint density at radius 2 is 1.68 bits per heavy atom. The van der Waals surface area contributed by atoms with Crippen LogP contribution in [-0.2, 0) is 27.4 Å². The zero-order valence-corrected chi connectivity index (χ0v) is 24.1. The highest BCUT2D eigenvalue weighted by molar-refractivity contribution is 7.80. The molecular formula is C31H40N4O4S. The second kappa shape index (κ2) is 14.3. The average Bonchev–Trinajstić information content (AvgIpc) is 2.98. The lowest BCUT2D eigenvalue weighted by molar-refractivity contribution is -0.160. The molecule has 2 heterocycles. The van der Waals surface area contributed by atoms with Gasteiger partial charge in [-0.2, -0.15) is 0 Å². The van der Waals surface area contributed by atoms with E-state index in [1.54, 1.807) is 0 Å². The van der Waals surface area contributed by atoms with Crippen molar-refractivity contribution in [1.82, 2.24) is 20.4 Å². The molecule has 2 aromatic carbocycles. The first-order valence-electron chi connectivity index (χ1n) is 14.3. The van der Waals surface area contributed by atoms with Gasteiger partial charge in [-0.15, -0.1) is 0 Å². The molecule has 1 spiro atoms. The molecule has 2 aromatic rings. The number of rotatable bonds is 11. The third-order valence-electron chi connectivity index (χ3n) is 7.80. The molecule has 0 saturated carbocycles. The second-order valence-corrected chi connectivity index (χ2v) is 11.0. The number of alkyl carbamates (subject to hydrolysis) is 1. The van der Waals surface area contributed by atoms with Gasteiger partial charge in [0.25, 0.3) is 0 Å². The highest BCUT2D eigenvalue weighted by atomic mass is 32.1. The Balaban J connectivity index is 1.23. The van der Waals surface area contributed by atoms with E-state index in [4.69, 9.17) is 17.0 Å². The number of piperazine rings is 1. The molecule has 2 aliphatic heterocycles. The van der Waals surface area contributed by atoms with Gasteiger partial charge in [-0.05, 0) is 49.7 Å². The van der Waals surface area contributed by atoms with E-state index in [0.717, 1.165) is 17.0 Å². The SMILES string of the molecule is CCCN1C(=O)[C@H](CCCCNC(=O)OCc2ccccc2)NC(=O)C12CCN(C(=S)Cc1ccccc1)CC2. The Bertz CT molecular complexity index is 1150. The van der Waals surface area contributed by atoms with E-state index >= 15 is 0 Å². The van der Waals surface area contributed by atoms with Crippen molar-refractivity contribution in [2.75, 3.05) is 26.2 Å². The molecule has 0 radical (unpaired) electrons. The summed E-state index contributed by atoms with van der Waals surface area (Å²) in [6.45, 7) is 4.58. The standard InChI is InChI=1S/C31H40N4O4S/c1-2-19-35-28(36)26(15-9-10-18-32-30(38)39-23-25-13-7-4-8-14-25)33-29(37)31(35)16-20-34(21-17-31)27(40)22-24-11-5-3-6-12-24/h3-8,11-14,26H,2,9-10,15-23H2,1H3,(H,32,38)(H,33,37)/t26-/m0/s1. The lowest BCUT2D eigenvalue weighted by Crippen LogP contribution is -2.73. The summed E-state index contributed by atoms with van der Waals surface area (Å²) >= 11 is 5.73. The Morgan fingerprint density at radius 1 is 1.02 bits per heavy atom. The maximum atomic E-state index is 13.6. The highest BCUT2D eigenvalue weighted by Gasteiger charge is 2.53. The minimum atomic E-state index is -0.813. The number of piperidine rings is 1. The van der Waals surface area contributed by atoms with Gasteiger partial charge in [0.2, 0.25) is 11.8 Å². The minimum absolute atomic E-state index is 0.00279. The van der Waals surface area contributed by atoms with Crippen LogP contribution < -0.4 is 10.6 Å². The molecule has 2 fully saturated rings. The van der Waals surface area contributed by atoms with Gasteiger partial charge in [-0.1, -0.05) is 79.8 Å². The van der Waals surface area contributed by atoms with E-state index in [2.05, 4.69) is 27.7 Å². The quantitative estimate of drug-likeness (QED) is 0.314. The summed E-state index contributed by atoms with van der Waals surface area (Å²) in [5, 5.41) is 5.80. The molecule has 214 valence electrons. The van der Waals surface area contributed by atoms with Crippen molar-refractivity contribution >= 4 is 35.1 Å². The minimum Gasteiger partial charge on any atom is -0.445 e. The molecule has 0 bridgehead atoms. The molecule has 0 unspecified atom stereocenters. The number of likely N-dealkylation sites (tertiary alicyclic amines) is 1. The molecule has 1 atom stereocenters. The number of nitrogens with zero attached hydrogens (tertiary/aromatic N) is 2. The summed E-state index contributed by atoms with van der Waals surface area (Å²) < 4.78 is 5.23. The van der Waals surface area contributed by atoms with Crippen LogP contribution in [0.5, 0.6) is 0 Å². The summed E-state index contributed by atoms with van der Waals surface area (Å²) in [5.74, 6) is -0.0567. The second-order valence-electron chi connectivity index (χ2n) is 10.6. The number of unbranched alkanes of at least 4 members (excludes halogenated alkanes) is 1. The van der Waals surface area contributed by atoms with Crippen molar-refractivity contribution < 1.29 is 19.1 Å². The first-order valence-corrected chi connectivity index (χ1v) is 14.7. The normalized spacial score (nSPS) is 18.4. The number of carbonyl (C=O) groups is 3. The van der Waals surface area contributed by atoms with Crippen molar-refractivity contribution in [3.05, 3.63) is 71.8 Å². The van der Waals surface area contributed by atoms with Crippen LogP contribution in [-0.4, -0.2) is 70.5 Å². The molecule has 3 amide bonds. The Hall–Kier alpha value is -3.46. The average molecular weight is 565 g/mol. The van der Waals surface area contributed by atoms with E-state index in [9.17, 15) is 14.4 Å². The largest absolute Gasteiger partial charge is 0.445 e. The van der Waals surface area contributed by atoms with E-state index < -0.39 is 17.7 Å². The fourth-order valence-electron chi connectivity index (χ4n) is 5.56. The van der Waals surface area contributed by atoms with Gasteiger partial charge >= 0.3 is 6.09 Å². The number of benzene rings is 2. The number of nitrogens with one attached hydrogen (secondary N) is 2. The van der Waals surface area contributed by atoms with Gasteiger partial charge in [-0.25, -0.2) is 4.79 Å². The van der Waals surface area contributed by atoms with Gasteiger partial charge in [0, 0.05) is 32.6 Å². The van der Waals surface area contributed by atoms with Gasteiger partial charge < -0.3 is 25.2 Å². The lowest BCUT2D eigenvalue weighted by atomic mass is 9.81. The number of carbonyl (C=O) groups excluding carboxylic acids is 3. The summed E-state index contributed by atoms with van der Waals surface area (Å²) in [6.07, 6.45) is 4.10. The Kier molecular flexibility index (Phi) is 10.5. The molecule has 0 aliphatic carbocycles. The Labute approximate surface area is 242 Å². The molecule has 2 N–H and O–H groups in total. The first-order chi connectivity index (χ1) is 19.4. The topological polar surface area (TPSA) is 91.0 Å². The molecule has 4 rings (SSSR count). The molecular weight excluding hydrogens is 524 g/mol. The number of hydrogen-bond donors (Lipinski definition) is 2. The number of hydrogen-bond acceptors (Lipinski definition) is 5. The molecule has 40 heavy (non-hydrogen) atoms. The number of amides is 3. The van der Waals surface area contributed by atoms with Crippen molar-refractivity contribution in [2.45, 2.75) is 70.1 Å². The number of ether oxygens (including phenoxy) is 1. The third-order valence-corrected chi connectivity index (χ3v) is 8.20. The van der Waals surface area contributed by atoms with Crippen LogP contribution in [0.2, 0.25) is 0 Å². The maximum Gasteiger partial charge on any atom is 0.407 e. The van der Waals surface area contributed by atoms with Crippen LogP contribution in [0.3, 0.4) is 0 Å². The first kappa shape index (κ1) is 29.5. The van der Waals surface area contributed by atoms with Crippen molar-refractivity contribution in [3.63, 3.8) is 0 Å². The maximum absolute atomic E-state index is 13.6. The zero-order chi connectivity index (χ0) is 28.4. The van der Waals surface area contributed by atoms with E-state index in [1.165, 1.54) is 5.56 Å². The molecule has 0 aromatic heterocycles. The lowest BCUT2D eigenvalue weighted by Gasteiger charge is -2.52. The summed E-state index contributed by atoms with van der Waals surface area (Å²) in [5.41, 5.74) is 1.29. The molecule has 8 nitrogen and oxygen atoms in total. The van der Waals surface area contributed by atoms with E-state index in [1.807, 2.05) is 60.4 Å². The van der Waals surface area contributed by atoms with Crippen LogP contribution in [0.4, 0.5) is 4.79 Å². The van der Waals surface area contributed by atoms with Gasteiger partial charge in [0.05, 0.1) is 4.99 Å². The van der Waals surface area contributed by atoms with Crippen LogP contribution in [0.25, 0.3) is 0 Å². The van der Waals surface area contributed by atoms with Gasteiger partial charge in [0.15, 0.2) is 0 Å². The van der Waals surface area contributed by atoms with E-state index in [-0.39, 0.29) is 18.4 Å². The summed E-state index contributed by atoms with van der Waals surface area (Å²) in [6, 6.07) is 19.1. The molecule has 2 aliphatic rings. The smallest absolute Gasteiger partial charge is 0.407 e. The van der Waals surface area contributed by atoms with Crippen LogP contribution in [0.1, 0.15) is 56.6 Å². The monoisotopic (exact) mass is 564 g/mol. The van der Waals surface area contributed by atoms with Gasteiger partial charge in [-0.3, -0.25) is 9.59 Å². The summed E-state index contributed by atoms with van der Waals surface area (Å²) in [4.78, 5) is 43.9. The van der Waals surface area contributed by atoms with Crippen molar-refractivity contribution in [2.24, 2.45) is 0 Å². The van der Waals surface area contributed by atoms with E-state index in [0.29, 0.717) is 64.7 Å². The zero-order valence-electron chi connectivity index (χ0n) is 23.3. The van der Waals surface area contributed by atoms with Crippen LogP contribution in [0, 0.1) is 0 Å². The summed E-state index contributed by atoms with van der Waals surface area (Å²) in [7, 11) is 0. The van der Waals surface area contributed by atoms with Crippen LogP contribution >= 0.6 is 12.2 Å². The predicted octanol–water partition coefficient (Wildman–Crippen LogP) is 4.22. The highest BCUT2D eigenvalue weighted by Crippen LogP contribution is 2.34. The molecule has 9 heteroatoms. The van der Waals surface area contributed by atoms with Crippen LogP contribution in [0.15, 0.2) is 60.7 Å². The van der Waals surface area contributed by atoms with Crippen molar-refractivity contribution in [1.29, 1.82) is 0 Å². The third kappa shape index (κ3) is 7.38.